The summed E-state index contributed by atoms with van der Waals surface area (Å²) < 4.78 is 5.76. The molecule has 0 bridgehead atoms. The van der Waals surface area contributed by atoms with Crippen molar-refractivity contribution in [2.75, 3.05) is 26.2 Å². The smallest absolute Gasteiger partial charge is 0.258 e. The number of para-hydroxylation sites is 1. The number of carbonyl (C=O) groups is 1. The summed E-state index contributed by atoms with van der Waals surface area (Å²) in [5.41, 5.74) is 3.14. The van der Waals surface area contributed by atoms with Crippen molar-refractivity contribution >= 4 is 17.5 Å². The Hall–Kier alpha value is -2.04. The molecule has 2 aromatic rings. The number of ether oxygens (including phenoxy) is 1. The minimum atomic E-state index is -0.117. The summed E-state index contributed by atoms with van der Waals surface area (Å²) in [7, 11) is 0. The summed E-state index contributed by atoms with van der Waals surface area (Å²) in [6.07, 6.45) is 2.37. The lowest BCUT2D eigenvalue weighted by Gasteiger charge is -2.29. The first kappa shape index (κ1) is 19.7. The maximum Gasteiger partial charge on any atom is 0.258 e. The van der Waals surface area contributed by atoms with E-state index in [4.69, 9.17) is 16.3 Å². The van der Waals surface area contributed by atoms with E-state index in [2.05, 4.69) is 10.2 Å². The third-order valence-electron chi connectivity index (χ3n) is 5.09. The van der Waals surface area contributed by atoms with Crippen LogP contribution >= 0.6 is 11.6 Å². The van der Waals surface area contributed by atoms with Crippen LogP contribution in [0.3, 0.4) is 0 Å². The Kier molecular flexibility index (Phi) is 6.75. The van der Waals surface area contributed by atoms with Crippen LogP contribution in [0.25, 0.3) is 0 Å². The Morgan fingerprint density at radius 2 is 1.78 bits per heavy atom. The van der Waals surface area contributed by atoms with Crippen LogP contribution in [0.1, 0.15) is 35.6 Å². The number of rotatable bonds is 7. The van der Waals surface area contributed by atoms with Gasteiger partial charge in [0.2, 0.25) is 0 Å². The van der Waals surface area contributed by atoms with Crippen molar-refractivity contribution in [2.24, 2.45) is 0 Å². The van der Waals surface area contributed by atoms with Crippen LogP contribution < -0.4 is 10.1 Å². The van der Waals surface area contributed by atoms with E-state index in [0.29, 0.717) is 6.54 Å². The summed E-state index contributed by atoms with van der Waals surface area (Å²) in [5.74, 6) is 0.670. The Labute approximate surface area is 166 Å². The first-order chi connectivity index (χ1) is 13.1. The molecule has 1 aliphatic rings. The fourth-order valence-corrected chi connectivity index (χ4v) is 3.92. The molecule has 144 valence electrons. The predicted molar refractivity (Wildman–Crippen MR) is 109 cm³/mol. The summed E-state index contributed by atoms with van der Waals surface area (Å²) in [6.45, 7) is 6.58. The van der Waals surface area contributed by atoms with Gasteiger partial charge >= 0.3 is 0 Å². The predicted octanol–water partition coefficient (Wildman–Crippen LogP) is 4.29. The van der Waals surface area contributed by atoms with E-state index in [1.807, 2.05) is 56.3 Å². The molecule has 4 nitrogen and oxygen atoms in total. The standard InChI is InChI=1S/C22H27ClN2O2/c1-16-8-7-9-17(2)22(16)27-15-21(26)24-14-20(25-12-5-6-13-25)18-10-3-4-11-19(18)23/h3-4,7-11,20H,5-6,12-15H2,1-2H3,(H,24,26)/t20-/m0/s1. The number of aryl methyl sites for hydroxylation is 2. The first-order valence-electron chi connectivity index (χ1n) is 9.50. The maximum absolute atomic E-state index is 12.4. The van der Waals surface area contributed by atoms with E-state index >= 15 is 0 Å². The topological polar surface area (TPSA) is 41.6 Å². The summed E-state index contributed by atoms with van der Waals surface area (Å²) >= 11 is 6.42. The first-order valence-corrected chi connectivity index (χ1v) is 9.88. The number of carbonyl (C=O) groups excluding carboxylic acids is 1. The van der Waals surface area contributed by atoms with Crippen molar-refractivity contribution in [3.63, 3.8) is 0 Å². The van der Waals surface area contributed by atoms with Gasteiger partial charge in [-0.25, -0.2) is 0 Å². The van der Waals surface area contributed by atoms with Gasteiger partial charge in [-0.3, -0.25) is 9.69 Å². The molecule has 1 fully saturated rings. The number of likely N-dealkylation sites (tertiary alicyclic amines) is 1. The fourth-order valence-electron chi connectivity index (χ4n) is 3.66. The third-order valence-corrected chi connectivity index (χ3v) is 5.44. The largest absolute Gasteiger partial charge is 0.483 e. The number of benzene rings is 2. The van der Waals surface area contributed by atoms with Gasteiger partial charge in [0.05, 0.1) is 6.04 Å². The van der Waals surface area contributed by atoms with Crippen LogP contribution in [0.15, 0.2) is 42.5 Å². The van der Waals surface area contributed by atoms with Gasteiger partial charge in [-0.05, 0) is 62.5 Å². The summed E-state index contributed by atoms with van der Waals surface area (Å²) in [4.78, 5) is 14.8. The van der Waals surface area contributed by atoms with Crippen molar-refractivity contribution in [3.05, 3.63) is 64.2 Å². The number of hydrogen-bond donors (Lipinski definition) is 1. The minimum Gasteiger partial charge on any atom is -0.483 e. The van der Waals surface area contributed by atoms with Gasteiger partial charge in [0.25, 0.3) is 5.91 Å². The highest BCUT2D eigenvalue weighted by Gasteiger charge is 2.25. The van der Waals surface area contributed by atoms with Gasteiger partial charge < -0.3 is 10.1 Å². The van der Waals surface area contributed by atoms with Crippen molar-refractivity contribution < 1.29 is 9.53 Å². The molecule has 5 heteroatoms. The molecule has 0 unspecified atom stereocenters. The van der Waals surface area contributed by atoms with Gasteiger partial charge in [0.1, 0.15) is 5.75 Å². The number of halogens is 1. The van der Waals surface area contributed by atoms with Crippen LogP contribution in [0.5, 0.6) is 5.75 Å². The molecule has 0 aromatic heterocycles. The third kappa shape index (κ3) is 5.02. The molecule has 27 heavy (non-hydrogen) atoms. The number of nitrogens with one attached hydrogen (secondary N) is 1. The molecule has 0 aliphatic carbocycles. The van der Waals surface area contributed by atoms with E-state index in [1.165, 1.54) is 12.8 Å². The highest BCUT2D eigenvalue weighted by atomic mass is 35.5. The molecule has 3 rings (SSSR count). The van der Waals surface area contributed by atoms with Crippen molar-refractivity contribution in [1.82, 2.24) is 10.2 Å². The van der Waals surface area contributed by atoms with Crippen LogP contribution in [0.4, 0.5) is 0 Å². The average molecular weight is 387 g/mol. The van der Waals surface area contributed by atoms with E-state index in [0.717, 1.165) is 40.6 Å². The van der Waals surface area contributed by atoms with Crippen molar-refractivity contribution in [3.8, 4) is 5.75 Å². The molecule has 1 heterocycles. The molecule has 0 spiro atoms. The molecular formula is C22H27ClN2O2. The maximum atomic E-state index is 12.4. The molecule has 0 saturated carbocycles. The monoisotopic (exact) mass is 386 g/mol. The zero-order chi connectivity index (χ0) is 19.2. The van der Waals surface area contributed by atoms with E-state index in [-0.39, 0.29) is 18.6 Å². The minimum absolute atomic E-state index is 0.0148. The molecule has 1 N–H and O–H groups in total. The van der Waals surface area contributed by atoms with Gasteiger partial charge in [-0.15, -0.1) is 0 Å². The SMILES string of the molecule is Cc1cccc(C)c1OCC(=O)NC[C@@H](c1ccccc1Cl)N1CCCC1. The highest BCUT2D eigenvalue weighted by Crippen LogP contribution is 2.29. The van der Waals surface area contributed by atoms with Crippen molar-refractivity contribution in [2.45, 2.75) is 32.7 Å². The molecule has 2 aromatic carbocycles. The van der Waals surface area contributed by atoms with Gasteiger partial charge in [0.15, 0.2) is 6.61 Å². The summed E-state index contributed by atoms with van der Waals surface area (Å²) in [6, 6.07) is 13.9. The highest BCUT2D eigenvalue weighted by molar-refractivity contribution is 6.31. The zero-order valence-corrected chi connectivity index (χ0v) is 16.8. The molecule has 0 radical (unpaired) electrons. The number of hydrogen-bond acceptors (Lipinski definition) is 3. The molecule has 1 saturated heterocycles. The Bertz CT molecular complexity index is 767. The Morgan fingerprint density at radius 1 is 1.11 bits per heavy atom. The lowest BCUT2D eigenvalue weighted by Crippen LogP contribution is -2.38. The number of nitrogens with zero attached hydrogens (tertiary/aromatic N) is 1. The average Bonchev–Trinajstić information content (AvgIpc) is 3.17. The molecule has 1 aliphatic heterocycles. The van der Waals surface area contributed by atoms with Crippen LogP contribution in [-0.4, -0.2) is 37.0 Å². The van der Waals surface area contributed by atoms with Crippen molar-refractivity contribution in [1.29, 1.82) is 0 Å². The molecular weight excluding hydrogens is 360 g/mol. The second-order valence-corrected chi connectivity index (χ2v) is 7.50. The van der Waals surface area contributed by atoms with Gasteiger partial charge in [0, 0.05) is 11.6 Å². The Morgan fingerprint density at radius 3 is 2.44 bits per heavy atom. The number of amides is 1. The van der Waals surface area contributed by atoms with Gasteiger partial charge in [-0.2, -0.15) is 0 Å². The second kappa shape index (κ2) is 9.25. The van der Waals surface area contributed by atoms with Crippen LogP contribution in [-0.2, 0) is 4.79 Å². The second-order valence-electron chi connectivity index (χ2n) is 7.09. The summed E-state index contributed by atoms with van der Waals surface area (Å²) in [5, 5.41) is 3.78. The lowest BCUT2D eigenvalue weighted by atomic mass is 10.1. The lowest BCUT2D eigenvalue weighted by molar-refractivity contribution is -0.123. The van der Waals surface area contributed by atoms with E-state index < -0.39 is 0 Å². The zero-order valence-electron chi connectivity index (χ0n) is 16.0. The van der Waals surface area contributed by atoms with Crippen LogP contribution in [0.2, 0.25) is 5.02 Å². The van der Waals surface area contributed by atoms with E-state index in [9.17, 15) is 4.79 Å². The molecule has 1 atom stereocenters. The van der Waals surface area contributed by atoms with E-state index in [1.54, 1.807) is 0 Å². The fraction of sp³-hybridized carbons (Fsp3) is 0.409. The molecule has 1 amide bonds. The quantitative estimate of drug-likeness (QED) is 0.771. The Balaban J connectivity index is 1.61. The normalized spacial score (nSPS) is 15.5. The van der Waals surface area contributed by atoms with Crippen LogP contribution in [0, 0.1) is 13.8 Å². The van der Waals surface area contributed by atoms with Gasteiger partial charge in [-0.1, -0.05) is 48.0 Å².